The summed E-state index contributed by atoms with van der Waals surface area (Å²) in [7, 11) is -0.626. The summed E-state index contributed by atoms with van der Waals surface area (Å²) in [6, 6.07) is -0.132. The number of hydrogen-bond donors (Lipinski definition) is 2. The lowest BCUT2D eigenvalue weighted by atomic mass is 10.3. The van der Waals surface area contributed by atoms with E-state index in [1.807, 2.05) is 0 Å². The molecule has 2 N–H and O–H groups in total. The fraction of sp³-hybridized carbons (Fsp3) is 0.900. The van der Waals surface area contributed by atoms with Crippen LogP contribution in [0.3, 0.4) is 0 Å². The zero-order valence-corrected chi connectivity index (χ0v) is 11.4. The van der Waals surface area contributed by atoms with Crippen LogP contribution in [-0.2, 0) is 19.7 Å². The van der Waals surface area contributed by atoms with E-state index in [1.165, 1.54) is 7.05 Å². The molecule has 0 amide bonds. The topological polar surface area (TPSA) is 95.9 Å². The summed E-state index contributed by atoms with van der Waals surface area (Å²) in [5, 5.41) is 8.52. The van der Waals surface area contributed by atoms with Crippen molar-refractivity contribution in [3.8, 4) is 0 Å². The van der Waals surface area contributed by atoms with Gasteiger partial charge in [-0.2, -0.15) is 17.4 Å². The lowest BCUT2D eigenvalue weighted by Crippen LogP contribution is -2.43. The first-order chi connectivity index (χ1) is 8.35. The van der Waals surface area contributed by atoms with Gasteiger partial charge >= 0.3 is 5.97 Å². The molecule has 18 heavy (non-hydrogen) atoms. The Labute approximate surface area is 107 Å². The molecule has 0 saturated heterocycles. The Morgan fingerprint density at radius 3 is 2.67 bits per heavy atom. The Morgan fingerprint density at radius 2 is 2.17 bits per heavy atom. The summed E-state index contributed by atoms with van der Waals surface area (Å²) in [5.41, 5.74) is 0. The van der Waals surface area contributed by atoms with E-state index < -0.39 is 16.2 Å². The maximum absolute atomic E-state index is 11.9. The maximum Gasteiger partial charge on any atom is 0.304 e. The van der Waals surface area contributed by atoms with Gasteiger partial charge in [0.25, 0.3) is 10.2 Å². The number of nitrogens with zero attached hydrogens (tertiary/aromatic N) is 1. The van der Waals surface area contributed by atoms with Crippen LogP contribution in [0.5, 0.6) is 0 Å². The van der Waals surface area contributed by atoms with Crippen molar-refractivity contribution in [2.45, 2.75) is 37.8 Å². The summed E-state index contributed by atoms with van der Waals surface area (Å²) in [5.74, 6) is -1.02. The van der Waals surface area contributed by atoms with Crippen LogP contribution in [0, 0.1) is 0 Å². The predicted octanol–water partition coefficient (Wildman–Crippen LogP) is -0.205. The van der Waals surface area contributed by atoms with E-state index in [1.54, 1.807) is 7.11 Å². The smallest absolute Gasteiger partial charge is 0.304 e. The predicted molar refractivity (Wildman–Crippen MR) is 65.4 cm³/mol. The van der Waals surface area contributed by atoms with Crippen molar-refractivity contribution < 1.29 is 23.1 Å². The van der Waals surface area contributed by atoms with Crippen molar-refractivity contribution in [3.05, 3.63) is 0 Å². The summed E-state index contributed by atoms with van der Waals surface area (Å²) in [6.45, 7) is -0.0366. The van der Waals surface area contributed by atoms with Gasteiger partial charge in [-0.3, -0.25) is 4.79 Å². The second-order valence-corrected chi connectivity index (χ2v) is 6.27. The van der Waals surface area contributed by atoms with Crippen molar-refractivity contribution in [1.29, 1.82) is 0 Å². The number of hydrogen-bond acceptors (Lipinski definition) is 4. The lowest BCUT2D eigenvalue weighted by Gasteiger charge is -2.20. The van der Waals surface area contributed by atoms with Crippen molar-refractivity contribution in [2.75, 3.05) is 20.7 Å². The molecule has 1 saturated carbocycles. The minimum Gasteiger partial charge on any atom is -0.481 e. The molecule has 2 unspecified atom stereocenters. The molecule has 1 rings (SSSR count). The average molecular weight is 280 g/mol. The molecule has 106 valence electrons. The summed E-state index contributed by atoms with van der Waals surface area (Å²) in [4.78, 5) is 10.4. The van der Waals surface area contributed by atoms with E-state index in [2.05, 4.69) is 4.72 Å². The Morgan fingerprint density at radius 1 is 1.50 bits per heavy atom. The molecule has 2 atom stereocenters. The standard InChI is InChI=1S/C10H20N2O5S/c1-12(6-5-10(13)14)18(15,16)11-8-3-4-9(7-8)17-2/h8-9,11H,3-7H2,1-2H3,(H,13,14). The highest BCUT2D eigenvalue weighted by molar-refractivity contribution is 7.87. The maximum atomic E-state index is 11.9. The second-order valence-electron chi connectivity index (χ2n) is 4.46. The molecule has 0 aromatic heterocycles. The number of carbonyl (C=O) groups is 1. The van der Waals surface area contributed by atoms with Crippen LogP contribution in [0.4, 0.5) is 0 Å². The zero-order valence-electron chi connectivity index (χ0n) is 10.6. The molecule has 0 bridgehead atoms. The van der Waals surface area contributed by atoms with Crippen LogP contribution >= 0.6 is 0 Å². The first-order valence-electron chi connectivity index (χ1n) is 5.83. The van der Waals surface area contributed by atoms with Crippen molar-refractivity contribution in [3.63, 3.8) is 0 Å². The number of aliphatic carboxylic acids is 1. The molecule has 8 heteroatoms. The monoisotopic (exact) mass is 280 g/mol. The van der Waals surface area contributed by atoms with Crippen LogP contribution in [0.25, 0.3) is 0 Å². The number of carboxylic acid groups (broad SMARTS) is 1. The fourth-order valence-corrected chi connectivity index (χ4v) is 3.08. The molecule has 0 aliphatic heterocycles. The third-order valence-corrected chi connectivity index (χ3v) is 4.72. The quantitative estimate of drug-likeness (QED) is 0.673. The molecule has 0 spiro atoms. The van der Waals surface area contributed by atoms with Gasteiger partial charge in [0.2, 0.25) is 0 Å². The molecular weight excluding hydrogens is 260 g/mol. The van der Waals surface area contributed by atoms with Crippen LogP contribution in [0.1, 0.15) is 25.7 Å². The first kappa shape index (κ1) is 15.4. The molecule has 0 aromatic rings. The van der Waals surface area contributed by atoms with E-state index >= 15 is 0 Å². The minimum atomic E-state index is -3.61. The molecule has 0 heterocycles. The van der Waals surface area contributed by atoms with Gasteiger partial charge in [-0.05, 0) is 19.3 Å². The van der Waals surface area contributed by atoms with Crippen molar-refractivity contribution in [2.24, 2.45) is 0 Å². The highest BCUT2D eigenvalue weighted by atomic mass is 32.2. The summed E-state index contributed by atoms with van der Waals surface area (Å²) >= 11 is 0. The third kappa shape index (κ3) is 4.52. The first-order valence-corrected chi connectivity index (χ1v) is 7.27. The van der Waals surface area contributed by atoms with E-state index in [-0.39, 0.29) is 25.1 Å². The van der Waals surface area contributed by atoms with Crippen molar-refractivity contribution >= 4 is 16.2 Å². The van der Waals surface area contributed by atoms with Crippen molar-refractivity contribution in [1.82, 2.24) is 9.03 Å². The summed E-state index contributed by atoms with van der Waals surface area (Å²) in [6.07, 6.45) is 2.13. The fourth-order valence-electron chi connectivity index (χ4n) is 1.94. The van der Waals surface area contributed by atoms with Gasteiger partial charge in [0.05, 0.1) is 12.5 Å². The molecule has 1 aliphatic carbocycles. The van der Waals surface area contributed by atoms with Gasteiger partial charge in [0.15, 0.2) is 0 Å². The largest absolute Gasteiger partial charge is 0.481 e. The molecule has 1 aliphatic rings. The highest BCUT2D eigenvalue weighted by Gasteiger charge is 2.29. The average Bonchev–Trinajstić information content (AvgIpc) is 2.72. The Bertz CT molecular complexity index is 384. The molecule has 0 aromatic carbocycles. The zero-order chi connectivity index (χ0) is 13.8. The van der Waals surface area contributed by atoms with Crippen LogP contribution in [-0.4, -0.2) is 56.6 Å². The minimum absolute atomic E-state index is 0.0366. The Balaban J connectivity index is 2.46. The molecule has 0 radical (unpaired) electrons. The van der Waals surface area contributed by atoms with Gasteiger partial charge in [0.1, 0.15) is 0 Å². The van der Waals surface area contributed by atoms with Gasteiger partial charge in [0, 0.05) is 26.7 Å². The van der Waals surface area contributed by atoms with E-state index in [0.717, 1.165) is 17.1 Å². The van der Waals surface area contributed by atoms with Gasteiger partial charge < -0.3 is 9.84 Å². The number of carboxylic acids is 1. The number of ether oxygens (including phenoxy) is 1. The number of methoxy groups -OCH3 is 1. The van der Waals surface area contributed by atoms with Crippen LogP contribution < -0.4 is 4.72 Å². The van der Waals surface area contributed by atoms with Crippen LogP contribution in [0.15, 0.2) is 0 Å². The molecule has 1 fully saturated rings. The number of nitrogens with one attached hydrogen (secondary N) is 1. The molecule has 7 nitrogen and oxygen atoms in total. The third-order valence-electron chi connectivity index (χ3n) is 3.08. The summed E-state index contributed by atoms with van der Waals surface area (Å²) < 4.78 is 32.5. The molecular formula is C10H20N2O5S. The Hall–Kier alpha value is -0.700. The van der Waals surface area contributed by atoms with Gasteiger partial charge in [-0.25, -0.2) is 0 Å². The highest BCUT2D eigenvalue weighted by Crippen LogP contribution is 2.22. The SMILES string of the molecule is COC1CCC(NS(=O)(=O)N(C)CCC(=O)O)C1. The lowest BCUT2D eigenvalue weighted by molar-refractivity contribution is -0.137. The van der Waals surface area contributed by atoms with Crippen LogP contribution in [0.2, 0.25) is 0 Å². The Kier molecular flexibility index (Phi) is 5.51. The van der Waals surface area contributed by atoms with E-state index in [4.69, 9.17) is 9.84 Å². The van der Waals surface area contributed by atoms with Gasteiger partial charge in [-0.1, -0.05) is 0 Å². The second kappa shape index (κ2) is 6.46. The number of rotatable bonds is 7. The normalized spacial score (nSPS) is 24.6. The van der Waals surface area contributed by atoms with E-state index in [9.17, 15) is 13.2 Å². The van der Waals surface area contributed by atoms with E-state index in [0.29, 0.717) is 6.42 Å². The van der Waals surface area contributed by atoms with Gasteiger partial charge in [-0.15, -0.1) is 0 Å².